The van der Waals surface area contributed by atoms with Crippen LogP contribution in [0, 0.1) is 26.2 Å². The van der Waals surface area contributed by atoms with Crippen LogP contribution in [0.15, 0.2) is 61.3 Å². The molecular formula is C25H29N5. The topological polar surface area (TPSA) is 86.8 Å². The second kappa shape index (κ2) is 9.27. The smallest absolute Gasteiger partial charge is 0.0706 e. The van der Waals surface area contributed by atoms with Gasteiger partial charge >= 0.3 is 0 Å². The minimum Gasteiger partial charge on any atom is -0.398 e. The summed E-state index contributed by atoms with van der Waals surface area (Å²) >= 11 is 0. The Bertz CT molecular complexity index is 1060. The highest BCUT2D eigenvalue weighted by Gasteiger charge is 2.14. The van der Waals surface area contributed by atoms with E-state index in [0.717, 1.165) is 28.2 Å². The molecule has 30 heavy (non-hydrogen) atoms. The highest BCUT2D eigenvalue weighted by atomic mass is 14.9. The molecule has 3 aromatic rings. The summed E-state index contributed by atoms with van der Waals surface area (Å²) < 4.78 is 0. The van der Waals surface area contributed by atoms with Crippen molar-refractivity contribution in [3.63, 3.8) is 0 Å². The molecule has 0 bridgehead atoms. The standard InChI is InChI=1S/C25H29N5/c1-5-28-15-21-12-22(25(27)20-10-17(3)30-18(4)11-20)23(26)13-24(21)29-14-19-8-6-7-16(2)9-19/h5-13,27-29H,1,14-15,26H2,2-4H3. The third-order valence-corrected chi connectivity index (χ3v) is 4.92. The zero-order chi connectivity index (χ0) is 21.7. The van der Waals surface area contributed by atoms with Gasteiger partial charge in [0.1, 0.15) is 0 Å². The molecule has 0 aliphatic carbocycles. The van der Waals surface area contributed by atoms with E-state index in [-0.39, 0.29) is 0 Å². The Morgan fingerprint density at radius 3 is 2.47 bits per heavy atom. The number of hydrogen-bond acceptors (Lipinski definition) is 5. The van der Waals surface area contributed by atoms with Gasteiger partial charge in [0.15, 0.2) is 0 Å². The van der Waals surface area contributed by atoms with Gasteiger partial charge in [0.25, 0.3) is 0 Å². The Kier molecular flexibility index (Phi) is 6.52. The van der Waals surface area contributed by atoms with E-state index in [1.807, 2.05) is 38.1 Å². The molecular weight excluding hydrogens is 370 g/mol. The molecule has 0 unspecified atom stereocenters. The monoisotopic (exact) mass is 399 g/mol. The fourth-order valence-corrected chi connectivity index (χ4v) is 3.52. The van der Waals surface area contributed by atoms with Crippen LogP contribution in [0.1, 0.15) is 39.2 Å². The number of hydrogen-bond donors (Lipinski definition) is 4. The third kappa shape index (κ3) is 5.06. The molecule has 0 spiro atoms. The predicted molar refractivity (Wildman–Crippen MR) is 126 cm³/mol. The average molecular weight is 400 g/mol. The van der Waals surface area contributed by atoms with Crippen LogP contribution in [-0.2, 0) is 13.1 Å². The van der Waals surface area contributed by atoms with Crippen LogP contribution in [0.4, 0.5) is 11.4 Å². The first-order valence-electron chi connectivity index (χ1n) is 9.98. The van der Waals surface area contributed by atoms with Crippen LogP contribution in [0.3, 0.4) is 0 Å². The number of aromatic nitrogens is 1. The number of nitrogen functional groups attached to an aromatic ring is 1. The highest BCUT2D eigenvalue weighted by Crippen LogP contribution is 2.27. The van der Waals surface area contributed by atoms with Crippen molar-refractivity contribution in [2.45, 2.75) is 33.9 Å². The van der Waals surface area contributed by atoms with E-state index in [2.05, 4.69) is 53.4 Å². The van der Waals surface area contributed by atoms with Crippen molar-refractivity contribution < 1.29 is 0 Å². The molecule has 3 rings (SSSR count). The maximum absolute atomic E-state index is 8.74. The Morgan fingerprint density at radius 2 is 1.80 bits per heavy atom. The van der Waals surface area contributed by atoms with Gasteiger partial charge in [-0.05, 0) is 62.4 Å². The summed E-state index contributed by atoms with van der Waals surface area (Å²) in [5, 5.41) is 15.4. The van der Waals surface area contributed by atoms with E-state index in [1.54, 1.807) is 6.20 Å². The highest BCUT2D eigenvalue weighted by molar-refractivity contribution is 6.14. The first-order chi connectivity index (χ1) is 14.4. The van der Waals surface area contributed by atoms with E-state index in [1.165, 1.54) is 11.1 Å². The van der Waals surface area contributed by atoms with Crippen LogP contribution in [0.5, 0.6) is 0 Å². The molecule has 5 heteroatoms. The fraction of sp³-hybridized carbons (Fsp3) is 0.200. The molecule has 5 nitrogen and oxygen atoms in total. The molecule has 0 fully saturated rings. The Hall–Kier alpha value is -3.60. The lowest BCUT2D eigenvalue weighted by atomic mass is 9.97. The van der Waals surface area contributed by atoms with Crippen molar-refractivity contribution in [3.8, 4) is 0 Å². The number of pyridine rings is 1. The van der Waals surface area contributed by atoms with Gasteiger partial charge < -0.3 is 16.4 Å². The minimum atomic E-state index is 0.395. The van der Waals surface area contributed by atoms with E-state index < -0.39 is 0 Å². The van der Waals surface area contributed by atoms with E-state index in [4.69, 9.17) is 11.1 Å². The zero-order valence-electron chi connectivity index (χ0n) is 17.8. The molecule has 1 aromatic heterocycles. The number of nitrogens with one attached hydrogen (secondary N) is 3. The van der Waals surface area contributed by atoms with Crippen molar-refractivity contribution in [2.24, 2.45) is 0 Å². The first-order valence-corrected chi connectivity index (χ1v) is 9.98. The Morgan fingerprint density at radius 1 is 1.07 bits per heavy atom. The summed E-state index contributed by atoms with van der Waals surface area (Å²) in [5.41, 5.74) is 15.1. The lowest BCUT2D eigenvalue weighted by molar-refractivity contribution is 0.871. The molecule has 0 aliphatic rings. The van der Waals surface area contributed by atoms with Gasteiger partial charge in [-0.3, -0.25) is 10.4 Å². The van der Waals surface area contributed by atoms with Crippen molar-refractivity contribution in [1.29, 1.82) is 5.41 Å². The van der Waals surface area contributed by atoms with Gasteiger partial charge in [0.2, 0.25) is 0 Å². The van der Waals surface area contributed by atoms with Crippen molar-refractivity contribution in [3.05, 3.63) is 101 Å². The predicted octanol–water partition coefficient (Wildman–Crippen LogP) is 4.85. The largest absolute Gasteiger partial charge is 0.398 e. The number of nitrogens with two attached hydrogens (primary N) is 1. The molecule has 5 N–H and O–H groups in total. The fourth-order valence-electron chi connectivity index (χ4n) is 3.52. The van der Waals surface area contributed by atoms with E-state index in [0.29, 0.717) is 30.1 Å². The molecule has 1 heterocycles. The van der Waals surface area contributed by atoms with Crippen LogP contribution in [-0.4, -0.2) is 10.7 Å². The van der Waals surface area contributed by atoms with Crippen molar-refractivity contribution >= 4 is 17.1 Å². The Labute approximate surface area is 178 Å². The molecule has 0 amide bonds. The number of aryl methyl sites for hydroxylation is 3. The van der Waals surface area contributed by atoms with Gasteiger partial charge in [-0.2, -0.15) is 0 Å². The molecule has 154 valence electrons. The number of benzene rings is 2. The summed E-state index contributed by atoms with van der Waals surface area (Å²) in [7, 11) is 0. The molecule has 0 atom stereocenters. The summed E-state index contributed by atoms with van der Waals surface area (Å²) in [6.45, 7) is 11.0. The summed E-state index contributed by atoms with van der Waals surface area (Å²) in [5.74, 6) is 0. The normalized spacial score (nSPS) is 10.5. The van der Waals surface area contributed by atoms with Crippen molar-refractivity contribution in [1.82, 2.24) is 10.3 Å². The summed E-state index contributed by atoms with van der Waals surface area (Å²) in [6.07, 6.45) is 1.67. The molecule has 0 saturated heterocycles. The minimum absolute atomic E-state index is 0.395. The van der Waals surface area contributed by atoms with Gasteiger partial charge in [0, 0.05) is 47.0 Å². The number of rotatable bonds is 8. The van der Waals surface area contributed by atoms with E-state index >= 15 is 0 Å². The van der Waals surface area contributed by atoms with Crippen LogP contribution >= 0.6 is 0 Å². The molecule has 0 aliphatic heterocycles. The Balaban J connectivity index is 1.93. The van der Waals surface area contributed by atoms with E-state index in [9.17, 15) is 0 Å². The first kappa shape index (κ1) is 21.1. The van der Waals surface area contributed by atoms with Crippen LogP contribution in [0.25, 0.3) is 0 Å². The molecule has 0 radical (unpaired) electrons. The van der Waals surface area contributed by atoms with Crippen LogP contribution < -0.4 is 16.4 Å². The third-order valence-electron chi connectivity index (χ3n) is 4.92. The molecule has 2 aromatic carbocycles. The quantitative estimate of drug-likeness (QED) is 0.322. The van der Waals surface area contributed by atoms with Gasteiger partial charge in [-0.1, -0.05) is 36.4 Å². The number of anilines is 2. The second-order valence-electron chi connectivity index (χ2n) is 7.54. The maximum Gasteiger partial charge on any atom is 0.0706 e. The SMILES string of the molecule is C=CNCc1cc(C(=N)c2cc(C)nc(C)c2)c(N)cc1NCc1cccc(C)c1. The lowest BCUT2D eigenvalue weighted by Gasteiger charge is -2.17. The molecule has 0 saturated carbocycles. The van der Waals surface area contributed by atoms with Gasteiger partial charge in [0.05, 0.1) is 5.71 Å². The average Bonchev–Trinajstić information content (AvgIpc) is 2.70. The lowest BCUT2D eigenvalue weighted by Crippen LogP contribution is -2.13. The van der Waals surface area contributed by atoms with Crippen LogP contribution in [0.2, 0.25) is 0 Å². The van der Waals surface area contributed by atoms with Crippen molar-refractivity contribution in [2.75, 3.05) is 11.1 Å². The van der Waals surface area contributed by atoms with Gasteiger partial charge in [-0.25, -0.2) is 0 Å². The summed E-state index contributed by atoms with van der Waals surface area (Å²) in [4.78, 5) is 4.41. The summed E-state index contributed by atoms with van der Waals surface area (Å²) in [6, 6.07) is 16.1. The maximum atomic E-state index is 8.74. The number of nitrogens with zero attached hydrogens (tertiary/aromatic N) is 1. The second-order valence-corrected chi connectivity index (χ2v) is 7.54. The van der Waals surface area contributed by atoms with Gasteiger partial charge in [-0.15, -0.1) is 0 Å². The zero-order valence-corrected chi connectivity index (χ0v) is 17.8.